The Bertz CT molecular complexity index is 172. The molecule has 0 aliphatic heterocycles. The number of carbonyl (C=O) groups is 2. The van der Waals surface area contributed by atoms with Crippen LogP contribution in [0.1, 0.15) is 26.2 Å². The van der Waals surface area contributed by atoms with E-state index in [0.717, 1.165) is 24.2 Å². The number of hydrogen-bond acceptors (Lipinski definition) is 2. The van der Waals surface area contributed by atoms with Gasteiger partial charge in [-0.25, -0.2) is 9.69 Å². The molecule has 0 radical (unpaired) electrons. The molecule has 4 heteroatoms. The Balaban J connectivity index is 2.58. The smallest absolute Gasteiger partial charge is 0.414 e. The van der Waals surface area contributed by atoms with E-state index in [4.69, 9.17) is 5.11 Å². The number of amides is 2. The molecule has 1 fully saturated rings. The van der Waals surface area contributed by atoms with Gasteiger partial charge in [-0.2, -0.15) is 0 Å². The SMILES string of the molecule is CC(=O)N(C(=O)O)C1CCC1. The third-order valence-electron chi connectivity index (χ3n) is 1.99. The van der Waals surface area contributed by atoms with E-state index in [9.17, 15) is 9.59 Å². The second-order valence-corrected chi connectivity index (χ2v) is 2.76. The molecule has 0 heterocycles. The Morgan fingerprint density at radius 3 is 2.09 bits per heavy atom. The van der Waals surface area contributed by atoms with Gasteiger partial charge in [0.05, 0.1) is 0 Å². The molecule has 1 aliphatic rings. The van der Waals surface area contributed by atoms with Crippen LogP contribution in [-0.2, 0) is 4.79 Å². The summed E-state index contributed by atoms with van der Waals surface area (Å²) in [5.41, 5.74) is 0. The molecule has 0 aromatic rings. The van der Waals surface area contributed by atoms with Crippen LogP contribution in [0.5, 0.6) is 0 Å². The molecular formula is C7H11NO3. The van der Waals surface area contributed by atoms with Crippen LogP contribution in [0.3, 0.4) is 0 Å². The molecule has 0 aromatic heterocycles. The van der Waals surface area contributed by atoms with Crippen molar-refractivity contribution in [3.8, 4) is 0 Å². The number of nitrogens with zero attached hydrogens (tertiary/aromatic N) is 1. The lowest BCUT2D eigenvalue weighted by atomic mass is 9.92. The Morgan fingerprint density at radius 1 is 1.45 bits per heavy atom. The van der Waals surface area contributed by atoms with Crippen LogP contribution in [0, 0.1) is 0 Å². The molecule has 0 aromatic carbocycles. The minimum Gasteiger partial charge on any atom is -0.465 e. The minimum absolute atomic E-state index is 0.0509. The van der Waals surface area contributed by atoms with Crippen molar-refractivity contribution in [2.75, 3.05) is 0 Å². The molecule has 0 saturated heterocycles. The summed E-state index contributed by atoms with van der Waals surface area (Å²) >= 11 is 0. The van der Waals surface area contributed by atoms with Gasteiger partial charge in [-0.1, -0.05) is 0 Å². The Hall–Kier alpha value is -1.06. The van der Waals surface area contributed by atoms with Gasteiger partial charge in [0.15, 0.2) is 0 Å². The summed E-state index contributed by atoms with van der Waals surface area (Å²) in [6, 6.07) is -0.0509. The molecule has 4 nitrogen and oxygen atoms in total. The first kappa shape index (κ1) is 8.04. The minimum atomic E-state index is -1.12. The van der Waals surface area contributed by atoms with Crippen LogP contribution < -0.4 is 0 Å². The van der Waals surface area contributed by atoms with Crippen molar-refractivity contribution in [3.05, 3.63) is 0 Å². The highest BCUT2D eigenvalue weighted by atomic mass is 16.4. The fraction of sp³-hybridized carbons (Fsp3) is 0.714. The van der Waals surface area contributed by atoms with Crippen molar-refractivity contribution in [2.45, 2.75) is 32.2 Å². The van der Waals surface area contributed by atoms with E-state index >= 15 is 0 Å². The third kappa shape index (κ3) is 1.50. The summed E-state index contributed by atoms with van der Waals surface area (Å²) in [6.45, 7) is 1.28. The zero-order valence-corrected chi connectivity index (χ0v) is 6.41. The fourth-order valence-electron chi connectivity index (χ4n) is 1.19. The van der Waals surface area contributed by atoms with E-state index < -0.39 is 6.09 Å². The van der Waals surface area contributed by atoms with Gasteiger partial charge < -0.3 is 5.11 Å². The van der Waals surface area contributed by atoms with Crippen LogP contribution in [0.25, 0.3) is 0 Å². The van der Waals surface area contributed by atoms with E-state index in [1.165, 1.54) is 6.92 Å². The number of rotatable bonds is 1. The number of hydrogen-bond donors (Lipinski definition) is 1. The van der Waals surface area contributed by atoms with Crippen molar-refractivity contribution >= 4 is 12.0 Å². The largest absolute Gasteiger partial charge is 0.465 e. The van der Waals surface area contributed by atoms with Crippen molar-refractivity contribution in [3.63, 3.8) is 0 Å². The molecule has 11 heavy (non-hydrogen) atoms. The summed E-state index contributed by atoms with van der Waals surface area (Å²) in [5.74, 6) is -0.373. The van der Waals surface area contributed by atoms with Crippen molar-refractivity contribution in [1.29, 1.82) is 0 Å². The second kappa shape index (κ2) is 2.90. The highest BCUT2D eigenvalue weighted by molar-refractivity contribution is 5.90. The molecule has 2 amide bonds. The maximum absolute atomic E-state index is 10.8. The van der Waals surface area contributed by atoms with Gasteiger partial charge in [0.1, 0.15) is 0 Å². The lowest BCUT2D eigenvalue weighted by Gasteiger charge is -2.33. The summed E-state index contributed by atoms with van der Waals surface area (Å²) in [4.78, 5) is 22.2. The number of carboxylic acid groups (broad SMARTS) is 1. The van der Waals surface area contributed by atoms with Gasteiger partial charge >= 0.3 is 6.09 Å². The van der Waals surface area contributed by atoms with E-state index in [1.807, 2.05) is 0 Å². The van der Waals surface area contributed by atoms with Crippen LogP contribution in [0.2, 0.25) is 0 Å². The number of imide groups is 1. The predicted molar refractivity (Wildman–Crippen MR) is 38.2 cm³/mol. The molecule has 1 aliphatic carbocycles. The maximum Gasteiger partial charge on any atom is 0.414 e. The summed E-state index contributed by atoms with van der Waals surface area (Å²) in [7, 11) is 0. The maximum atomic E-state index is 10.8. The predicted octanol–water partition coefficient (Wildman–Crippen LogP) is 1.07. The molecule has 0 spiro atoms. The van der Waals surface area contributed by atoms with E-state index in [2.05, 4.69) is 0 Å². The standard InChI is InChI=1S/C7H11NO3/c1-5(9)8(7(10)11)6-3-2-4-6/h6H,2-4H2,1H3,(H,10,11). The highest BCUT2D eigenvalue weighted by Crippen LogP contribution is 2.24. The third-order valence-corrected chi connectivity index (χ3v) is 1.99. The van der Waals surface area contributed by atoms with Crippen molar-refractivity contribution < 1.29 is 14.7 Å². The van der Waals surface area contributed by atoms with Gasteiger partial charge in [-0.3, -0.25) is 4.79 Å². The normalized spacial score (nSPS) is 17.2. The Labute approximate surface area is 64.8 Å². The topological polar surface area (TPSA) is 57.6 Å². The first-order chi connectivity index (χ1) is 5.13. The highest BCUT2D eigenvalue weighted by Gasteiger charge is 2.31. The Morgan fingerprint density at radius 2 is 2.00 bits per heavy atom. The average Bonchev–Trinajstić information content (AvgIpc) is 1.75. The summed E-state index contributed by atoms with van der Waals surface area (Å²) in [5, 5.41) is 8.58. The number of carbonyl (C=O) groups excluding carboxylic acids is 1. The summed E-state index contributed by atoms with van der Waals surface area (Å²) < 4.78 is 0. The van der Waals surface area contributed by atoms with Crippen LogP contribution in [0.4, 0.5) is 4.79 Å². The quantitative estimate of drug-likeness (QED) is 0.619. The molecular weight excluding hydrogens is 146 g/mol. The zero-order valence-electron chi connectivity index (χ0n) is 6.41. The lowest BCUT2D eigenvalue weighted by Crippen LogP contribution is -2.46. The summed E-state index contributed by atoms with van der Waals surface area (Å²) in [6.07, 6.45) is 1.56. The first-order valence-electron chi connectivity index (χ1n) is 3.65. The van der Waals surface area contributed by atoms with E-state index in [-0.39, 0.29) is 11.9 Å². The molecule has 0 unspecified atom stereocenters. The second-order valence-electron chi connectivity index (χ2n) is 2.76. The molecule has 62 valence electrons. The van der Waals surface area contributed by atoms with Gasteiger partial charge in [0.2, 0.25) is 5.91 Å². The van der Waals surface area contributed by atoms with Crippen LogP contribution in [-0.4, -0.2) is 28.0 Å². The van der Waals surface area contributed by atoms with Gasteiger partial charge in [-0.05, 0) is 19.3 Å². The average molecular weight is 157 g/mol. The van der Waals surface area contributed by atoms with E-state index in [1.54, 1.807) is 0 Å². The monoisotopic (exact) mass is 157 g/mol. The van der Waals surface area contributed by atoms with Crippen molar-refractivity contribution in [1.82, 2.24) is 4.90 Å². The van der Waals surface area contributed by atoms with E-state index in [0.29, 0.717) is 0 Å². The lowest BCUT2D eigenvalue weighted by molar-refractivity contribution is -0.130. The zero-order chi connectivity index (χ0) is 8.43. The molecule has 1 N–H and O–H groups in total. The van der Waals surface area contributed by atoms with Gasteiger partial charge in [-0.15, -0.1) is 0 Å². The fourth-order valence-corrected chi connectivity index (χ4v) is 1.19. The van der Waals surface area contributed by atoms with Gasteiger partial charge in [0, 0.05) is 13.0 Å². The van der Waals surface area contributed by atoms with Crippen LogP contribution in [0.15, 0.2) is 0 Å². The molecule has 1 rings (SSSR count). The first-order valence-corrected chi connectivity index (χ1v) is 3.65. The van der Waals surface area contributed by atoms with Crippen molar-refractivity contribution in [2.24, 2.45) is 0 Å². The molecule has 0 atom stereocenters. The molecule has 0 bridgehead atoms. The van der Waals surface area contributed by atoms with Crippen LogP contribution >= 0.6 is 0 Å². The molecule has 1 saturated carbocycles. The van der Waals surface area contributed by atoms with Gasteiger partial charge in [0.25, 0.3) is 0 Å². The Kier molecular flexibility index (Phi) is 2.12.